The van der Waals surface area contributed by atoms with Crippen LogP contribution in [0.5, 0.6) is 0 Å². The molecule has 0 bridgehead atoms. The average molecular weight is 293 g/mol. The van der Waals surface area contributed by atoms with Crippen LogP contribution < -0.4 is 5.32 Å². The van der Waals surface area contributed by atoms with Gasteiger partial charge in [-0.15, -0.1) is 0 Å². The van der Waals surface area contributed by atoms with Crippen LogP contribution in [0.4, 0.5) is 5.69 Å². The van der Waals surface area contributed by atoms with Crippen molar-refractivity contribution in [1.82, 2.24) is 4.57 Å². The number of aryl methyl sites for hydroxylation is 2. The lowest BCUT2D eigenvalue weighted by molar-refractivity contribution is 0.724. The first-order valence-corrected chi connectivity index (χ1v) is 6.64. The number of benzene rings is 1. The summed E-state index contributed by atoms with van der Waals surface area (Å²) < 4.78 is 3.39. The van der Waals surface area contributed by atoms with Crippen molar-refractivity contribution >= 4 is 21.6 Å². The Morgan fingerprint density at radius 3 is 2.82 bits per heavy atom. The molecule has 1 aromatic heterocycles. The van der Waals surface area contributed by atoms with E-state index in [-0.39, 0.29) is 0 Å². The van der Waals surface area contributed by atoms with Crippen LogP contribution in [0.2, 0.25) is 0 Å². The Morgan fingerprint density at radius 2 is 2.12 bits per heavy atom. The van der Waals surface area contributed by atoms with Crippen LogP contribution in [-0.4, -0.2) is 4.57 Å². The van der Waals surface area contributed by atoms with Gasteiger partial charge in [0.15, 0.2) is 0 Å². The van der Waals surface area contributed by atoms with Gasteiger partial charge in [0.25, 0.3) is 0 Å². The molecule has 0 unspecified atom stereocenters. The van der Waals surface area contributed by atoms with Gasteiger partial charge in [-0.25, -0.2) is 0 Å². The molecule has 0 saturated heterocycles. The predicted octanol–water partition coefficient (Wildman–Crippen LogP) is 4.19. The Bertz CT molecular complexity index is 503. The molecule has 0 aliphatic carbocycles. The summed E-state index contributed by atoms with van der Waals surface area (Å²) in [6, 6.07) is 10.6. The van der Waals surface area contributed by atoms with E-state index in [0.717, 1.165) is 23.2 Å². The van der Waals surface area contributed by atoms with Crippen LogP contribution in [-0.2, 0) is 13.1 Å². The Balaban J connectivity index is 2.05. The minimum Gasteiger partial charge on any atom is -0.379 e. The zero-order valence-corrected chi connectivity index (χ0v) is 11.8. The Labute approximate surface area is 111 Å². The third-order valence-corrected chi connectivity index (χ3v) is 3.76. The van der Waals surface area contributed by atoms with E-state index >= 15 is 0 Å². The summed E-state index contributed by atoms with van der Waals surface area (Å²) in [4.78, 5) is 0. The molecule has 3 heteroatoms. The minimum absolute atomic E-state index is 0.857. The molecule has 2 nitrogen and oxygen atoms in total. The first-order valence-electron chi connectivity index (χ1n) is 5.84. The lowest BCUT2D eigenvalue weighted by atomic mass is 10.2. The van der Waals surface area contributed by atoms with Crippen LogP contribution in [0.15, 0.2) is 41.0 Å². The van der Waals surface area contributed by atoms with Crippen molar-refractivity contribution in [2.75, 3.05) is 5.32 Å². The Kier molecular flexibility index (Phi) is 3.89. The molecule has 0 aliphatic heterocycles. The largest absolute Gasteiger partial charge is 0.379 e. The van der Waals surface area contributed by atoms with Gasteiger partial charge in [0.1, 0.15) is 0 Å². The number of hydrogen-bond acceptors (Lipinski definition) is 1. The third-order valence-electron chi connectivity index (χ3n) is 2.91. The van der Waals surface area contributed by atoms with E-state index in [2.05, 4.69) is 76.2 Å². The lowest BCUT2D eigenvalue weighted by Gasteiger charge is -2.10. The summed E-state index contributed by atoms with van der Waals surface area (Å²) >= 11 is 3.55. The number of hydrogen-bond donors (Lipinski definition) is 1. The first kappa shape index (κ1) is 12.2. The lowest BCUT2D eigenvalue weighted by Crippen LogP contribution is -2.05. The molecule has 1 N–H and O–H groups in total. The number of nitrogens with zero attached hydrogens (tertiary/aromatic N) is 1. The highest BCUT2D eigenvalue weighted by Crippen LogP contribution is 2.21. The van der Waals surface area contributed by atoms with E-state index in [4.69, 9.17) is 0 Å². The molecule has 0 aliphatic rings. The van der Waals surface area contributed by atoms with Gasteiger partial charge in [-0.3, -0.25) is 0 Å². The van der Waals surface area contributed by atoms with Crippen molar-refractivity contribution < 1.29 is 0 Å². The Morgan fingerprint density at radius 1 is 1.29 bits per heavy atom. The maximum atomic E-state index is 3.55. The number of rotatable bonds is 4. The van der Waals surface area contributed by atoms with E-state index in [1.165, 1.54) is 11.3 Å². The maximum absolute atomic E-state index is 3.55. The summed E-state index contributed by atoms with van der Waals surface area (Å²) in [5.41, 5.74) is 3.71. The fraction of sp³-hybridized carbons (Fsp3) is 0.286. The Hall–Kier alpha value is -1.22. The van der Waals surface area contributed by atoms with Crippen LogP contribution in [0.1, 0.15) is 18.2 Å². The molecule has 1 heterocycles. The van der Waals surface area contributed by atoms with Gasteiger partial charge in [-0.1, -0.05) is 22.0 Å². The normalized spacial score (nSPS) is 10.5. The molecule has 0 radical (unpaired) electrons. The topological polar surface area (TPSA) is 17.0 Å². The molecule has 1 aromatic carbocycles. The minimum atomic E-state index is 0.857. The monoisotopic (exact) mass is 292 g/mol. The number of aromatic nitrogens is 1. The van der Waals surface area contributed by atoms with Gasteiger partial charge < -0.3 is 9.88 Å². The summed E-state index contributed by atoms with van der Waals surface area (Å²) in [7, 11) is 0. The van der Waals surface area contributed by atoms with Crippen LogP contribution >= 0.6 is 15.9 Å². The number of halogens is 1. The fourth-order valence-corrected chi connectivity index (χ4v) is 2.19. The predicted molar refractivity (Wildman–Crippen MR) is 76.3 cm³/mol. The molecule has 0 atom stereocenters. The molecule has 0 amide bonds. The molecule has 0 saturated carbocycles. The van der Waals surface area contributed by atoms with Crippen LogP contribution in [0.3, 0.4) is 0 Å². The zero-order valence-electron chi connectivity index (χ0n) is 10.2. The molecule has 90 valence electrons. The highest BCUT2D eigenvalue weighted by atomic mass is 79.9. The molecular formula is C14H17BrN2. The molecule has 0 fully saturated rings. The van der Waals surface area contributed by atoms with Gasteiger partial charge in [0.2, 0.25) is 0 Å². The van der Waals surface area contributed by atoms with E-state index < -0.39 is 0 Å². The zero-order chi connectivity index (χ0) is 12.3. The average Bonchev–Trinajstić information content (AvgIpc) is 2.78. The molecule has 2 rings (SSSR count). The van der Waals surface area contributed by atoms with Gasteiger partial charge in [-0.05, 0) is 43.7 Å². The summed E-state index contributed by atoms with van der Waals surface area (Å²) in [6.07, 6.45) is 2.11. The van der Waals surface area contributed by atoms with Crippen molar-refractivity contribution in [3.63, 3.8) is 0 Å². The maximum Gasteiger partial charge on any atom is 0.0553 e. The first-order chi connectivity index (χ1) is 8.20. The fourth-order valence-electron chi connectivity index (χ4n) is 1.81. The van der Waals surface area contributed by atoms with E-state index in [1.54, 1.807) is 0 Å². The van der Waals surface area contributed by atoms with Crippen molar-refractivity contribution in [3.05, 3.63) is 52.3 Å². The van der Waals surface area contributed by atoms with Crippen molar-refractivity contribution in [2.45, 2.75) is 26.9 Å². The summed E-state index contributed by atoms with van der Waals surface area (Å²) in [5, 5.41) is 3.44. The molecule has 17 heavy (non-hydrogen) atoms. The van der Waals surface area contributed by atoms with Gasteiger partial charge >= 0.3 is 0 Å². The van der Waals surface area contributed by atoms with Crippen LogP contribution in [0, 0.1) is 6.92 Å². The van der Waals surface area contributed by atoms with Crippen LogP contribution in [0.25, 0.3) is 0 Å². The molecule has 2 aromatic rings. The second kappa shape index (κ2) is 5.41. The van der Waals surface area contributed by atoms with Crippen molar-refractivity contribution in [1.29, 1.82) is 0 Å². The quantitative estimate of drug-likeness (QED) is 0.894. The third kappa shape index (κ3) is 2.91. The smallest absolute Gasteiger partial charge is 0.0553 e. The van der Waals surface area contributed by atoms with Gasteiger partial charge in [-0.2, -0.15) is 0 Å². The van der Waals surface area contributed by atoms with E-state index in [1.807, 2.05) is 0 Å². The van der Waals surface area contributed by atoms with Gasteiger partial charge in [0.05, 0.1) is 6.54 Å². The second-order valence-corrected chi connectivity index (χ2v) is 4.96. The SMILES string of the molecule is CCn1cccc1CNc1ccc(C)c(Br)c1. The summed E-state index contributed by atoms with van der Waals surface area (Å²) in [6.45, 7) is 6.13. The summed E-state index contributed by atoms with van der Waals surface area (Å²) in [5.74, 6) is 0. The molecule has 0 spiro atoms. The van der Waals surface area contributed by atoms with Crippen molar-refractivity contribution in [2.24, 2.45) is 0 Å². The second-order valence-electron chi connectivity index (χ2n) is 4.10. The molecular weight excluding hydrogens is 276 g/mol. The van der Waals surface area contributed by atoms with Crippen molar-refractivity contribution in [3.8, 4) is 0 Å². The van der Waals surface area contributed by atoms with E-state index in [9.17, 15) is 0 Å². The van der Waals surface area contributed by atoms with Gasteiger partial charge in [0, 0.05) is 28.6 Å². The standard InChI is InChI=1S/C14H17BrN2/c1-3-17-8-4-5-13(17)10-16-12-7-6-11(2)14(15)9-12/h4-9,16H,3,10H2,1-2H3. The number of anilines is 1. The van der Waals surface area contributed by atoms with E-state index in [0.29, 0.717) is 0 Å². The highest BCUT2D eigenvalue weighted by Gasteiger charge is 2.00. The number of nitrogens with one attached hydrogen (secondary N) is 1. The highest BCUT2D eigenvalue weighted by molar-refractivity contribution is 9.10.